The summed E-state index contributed by atoms with van der Waals surface area (Å²) in [5, 5.41) is 11.7. The van der Waals surface area contributed by atoms with Crippen LogP contribution in [-0.2, 0) is 4.74 Å². The Morgan fingerprint density at radius 2 is 1.80 bits per heavy atom. The predicted octanol–water partition coefficient (Wildman–Crippen LogP) is 7.96. The third-order valence-electron chi connectivity index (χ3n) is 8.45. The summed E-state index contributed by atoms with van der Waals surface area (Å²) < 4.78 is 26.9. The van der Waals surface area contributed by atoms with E-state index < -0.39 is 17.5 Å². The summed E-state index contributed by atoms with van der Waals surface area (Å²) in [6.45, 7) is 5.56. The SMILES string of the molecule is COc1ccc(-c2cc3c(N[C@H]4CC[C@H](NC(=O)OC(C)(C)C)CC4)c(C(N)=Nc4cc(F)ccc4Cl)cnn3c2)c(C2CC2)c1. The Morgan fingerprint density at radius 3 is 2.50 bits per heavy atom. The van der Waals surface area contributed by atoms with Crippen LogP contribution in [0.5, 0.6) is 5.75 Å². The van der Waals surface area contributed by atoms with E-state index in [0.29, 0.717) is 16.5 Å². The molecular weight excluding hydrogens is 607 g/mol. The molecule has 0 aliphatic heterocycles. The summed E-state index contributed by atoms with van der Waals surface area (Å²) in [6, 6.07) is 12.5. The normalized spacial score (nSPS) is 18.8. The van der Waals surface area contributed by atoms with Crippen LogP contribution in [0.3, 0.4) is 0 Å². The fraction of sp³-hybridized carbons (Fsp3) is 0.400. The van der Waals surface area contributed by atoms with E-state index >= 15 is 0 Å². The molecule has 4 N–H and O–H groups in total. The first kappa shape index (κ1) is 31.7. The van der Waals surface area contributed by atoms with Gasteiger partial charge in [-0.15, -0.1) is 0 Å². The lowest BCUT2D eigenvalue weighted by Crippen LogP contribution is -2.42. The average Bonchev–Trinajstić information content (AvgIpc) is 3.77. The summed E-state index contributed by atoms with van der Waals surface area (Å²) in [5.41, 5.74) is 11.9. The highest BCUT2D eigenvalue weighted by Crippen LogP contribution is 2.46. The molecule has 6 rings (SSSR count). The molecule has 9 nitrogen and oxygen atoms in total. The molecule has 0 bridgehead atoms. The lowest BCUT2D eigenvalue weighted by atomic mass is 9.91. The monoisotopic (exact) mass is 646 g/mol. The molecule has 46 heavy (non-hydrogen) atoms. The first-order valence-corrected chi connectivity index (χ1v) is 16.1. The van der Waals surface area contributed by atoms with Crippen molar-refractivity contribution in [3.8, 4) is 16.9 Å². The fourth-order valence-corrected chi connectivity index (χ4v) is 6.19. The molecule has 0 spiro atoms. The Kier molecular flexibility index (Phi) is 8.83. The minimum absolute atomic E-state index is 0.0300. The van der Waals surface area contributed by atoms with Crippen LogP contribution in [-0.4, -0.2) is 46.3 Å². The van der Waals surface area contributed by atoms with Gasteiger partial charge in [0.15, 0.2) is 0 Å². The number of carbonyl (C=O) groups excluding carboxylic acids is 1. The van der Waals surface area contributed by atoms with E-state index in [1.807, 2.05) is 37.5 Å². The summed E-state index contributed by atoms with van der Waals surface area (Å²) in [6.07, 6.45) is 8.84. The summed E-state index contributed by atoms with van der Waals surface area (Å²) in [7, 11) is 1.69. The molecule has 2 aromatic carbocycles. The van der Waals surface area contributed by atoms with Crippen LogP contribution in [0.2, 0.25) is 5.02 Å². The zero-order valence-electron chi connectivity index (χ0n) is 26.6. The number of amides is 1. The van der Waals surface area contributed by atoms with Crippen LogP contribution >= 0.6 is 11.6 Å². The second-order valence-electron chi connectivity index (χ2n) is 13.2. The second kappa shape index (κ2) is 12.8. The number of ether oxygens (including phenoxy) is 2. The van der Waals surface area contributed by atoms with E-state index in [4.69, 9.17) is 31.9 Å². The highest BCUT2D eigenvalue weighted by Gasteiger charge is 2.29. The van der Waals surface area contributed by atoms with Crippen LogP contribution in [0.1, 0.15) is 76.3 Å². The first-order valence-electron chi connectivity index (χ1n) is 15.7. The number of nitrogens with one attached hydrogen (secondary N) is 2. The number of halogens is 2. The third-order valence-corrected chi connectivity index (χ3v) is 8.77. The highest BCUT2D eigenvalue weighted by atomic mass is 35.5. The van der Waals surface area contributed by atoms with Gasteiger partial charge in [0.2, 0.25) is 0 Å². The van der Waals surface area contributed by atoms with Crippen molar-refractivity contribution >= 4 is 40.4 Å². The number of nitrogens with two attached hydrogens (primary N) is 1. The molecule has 0 saturated heterocycles. The molecule has 1 amide bonds. The van der Waals surface area contributed by atoms with Crippen molar-refractivity contribution in [3.05, 3.63) is 76.8 Å². The quantitative estimate of drug-likeness (QED) is 0.132. The highest BCUT2D eigenvalue weighted by molar-refractivity contribution is 6.33. The number of alkyl carbamates (subject to hydrolysis) is 1. The molecule has 2 saturated carbocycles. The van der Waals surface area contributed by atoms with Gasteiger partial charge >= 0.3 is 6.09 Å². The van der Waals surface area contributed by atoms with Gasteiger partial charge in [-0.05, 0) is 107 Å². The Hall–Kier alpha value is -4.31. The second-order valence-corrected chi connectivity index (χ2v) is 13.6. The molecule has 0 radical (unpaired) electrons. The van der Waals surface area contributed by atoms with E-state index in [2.05, 4.69) is 33.8 Å². The van der Waals surface area contributed by atoms with E-state index in [0.717, 1.165) is 66.6 Å². The average molecular weight is 647 g/mol. The van der Waals surface area contributed by atoms with Gasteiger partial charge in [0, 0.05) is 29.9 Å². The third kappa shape index (κ3) is 7.22. The Balaban J connectivity index is 1.34. The Bertz CT molecular complexity index is 1790. The van der Waals surface area contributed by atoms with Crippen molar-refractivity contribution in [1.82, 2.24) is 14.9 Å². The van der Waals surface area contributed by atoms with Gasteiger partial charge in [-0.2, -0.15) is 5.10 Å². The first-order chi connectivity index (χ1) is 22.0. The zero-order chi connectivity index (χ0) is 32.6. The van der Waals surface area contributed by atoms with E-state index in [1.54, 1.807) is 13.3 Å². The molecular formula is C35H40ClFN6O3. The number of aromatic nitrogens is 2. The number of anilines is 1. The summed E-state index contributed by atoms with van der Waals surface area (Å²) in [4.78, 5) is 16.9. The molecule has 4 aromatic rings. The minimum atomic E-state index is -0.551. The smallest absolute Gasteiger partial charge is 0.407 e. The number of benzene rings is 2. The molecule has 2 heterocycles. The number of nitrogens with zero attached hydrogens (tertiary/aromatic N) is 3. The van der Waals surface area contributed by atoms with Gasteiger partial charge in [0.1, 0.15) is 23.0 Å². The maximum atomic E-state index is 14.1. The summed E-state index contributed by atoms with van der Waals surface area (Å²) in [5.74, 6) is 1.06. The number of aliphatic imine (C=N–C) groups is 1. The number of rotatable bonds is 8. The van der Waals surface area contributed by atoms with Gasteiger partial charge in [-0.3, -0.25) is 0 Å². The van der Waals surface area contributed by atoms with Gasteiger partial charge in [0.25, 0.3) is 0 Å². The van der Waals surface area contributed by atoms with Gasteiger partial charge in [-0.1, -0.05) is 17.7 Å². The van der Waals surface area contributed by atoms with Gasteiger partial charge < -0.3 is 25.8 Å². The maximum Gasteiger partial charge on any atom is 0.407 e. The zero-order valence-corrected chi connectivity index (χ0v) is 27.3. The maximum absolute atomic E-state index is 14.1. The minimum Gasteiger partial charge on any atom is -0.497 e. The van der Waals surface area contributed by atoms with Crippen molar-refractivity contribution in [1.29, 1.82) is 0 Å². The number of fused-ring (bicyclic) bond motifs is 1. The fourth-order valence-electron chi connectivity index (χ4n) is 6.03. The Labute approximate surface area is 273 Å². The largest absolute Gasteiger partial charge is 0.497 e. The topological polar surface area (TPSA) is 115 Å². The van der Waals surface area contributed by atoms with Crippen molar-refractivity contribution in [2.45, 2.75) is 82.9 Å². The number of hydrogen-bond acceptors (Lipinski definition) is 6. The van der Waals surface area contributed by atoms with E-state index in [-0.39, 0.29) is 23.6 Å². The number of amidine groups is 1. The number of carbonyl (C=O) groups is 1. The van der Waals surface area contributed by atoms with Crippen molar-refractivity contribution in [2.75, 3.05) is 12.4 Å². The molecule has 11 heteroatoms. The number of hydrogen-bond donors (Lipinski definition) is 3. The molecule has 2 aromatic heterocycles. The van der Waals surface area contributed by atoms with Crippen molar-refractivity contribution in [2.24, 2.45) is 10.7 Å². The number of methoxy groups -OCH3 is 1. The lowest BCUT2D eigenvalue weighted by molar-refractivity contribution is 0.0492. The van der Waals surface area contributed by atoms with Crippen LogP contribution < -0.4 is 21.1 Å². The predicted molar refractivity (Wildman–Crippen MR) is 180 cm³/mol. The molecule has 0 unspecified atom stereocenters. The summed E-state index contributed by atoms with van der Waals surface area (Å²) >= 11 is 6.33. The lowest BCUT2D eigenvalue weighted by Gasteiger charge is -2.31. The van der Waals surface area contributed by atoms with E-state index in [1.165, 1.54) is 23.8 Å². The molecule has 2 fully saturated rings. The van der Waals surface area contributed by atoms with E-state index in [9.17, 15) is 9.18 Å². The molecule has 2 aliphatic rings. The molecule has 0 atom stereocenters. The van der Waals surface area contributed by atoms with Gasteiger partial charge in [-0.25, -0.2) is 18.7 Å². The standard InChI is InChI=1S/C35H40ClFN6O3/c1-35(2,3)46-34(44)41-24-10-8-23(9-11-24)40-32-28(33(38)42-30-16-22(37)7-14-29(30)36)18-39-43-19-21(15-31(32)43)26-13-12-25(45-4)17-27(26)20-5-6-20/h7,12-20,23-24,40H,5-6,8-11H2,1-4H3,(H2,38,42)(H,41,44)/t23-,24-. The molecule has 2 aliphatic carbocycles. The van der Waals surface area contributed by atoms with Crippen LogP contribution in [0.15, 0.2) is 59.9 Å². The molecule has 242 valence electrons. The van der Waals surface area contributed by atoms with Gasteiger partial charge in [0.05, 0.1) is 40.8 Å². The van der Waals surface area contributed by atoms with Crippen LogP contribution in [0, 0.1) is 5.82 Å². The van der Waals surface area contributed by atoms with Crippen molar-refractivity contribution in [3.63, 3.8) is 0 Å². The van der Waals surface area contributed by atoms with Crippen LogP contribution in [0.4, 0.5) is 20.6 Å². The van der Waals surface area contributed by atoms with Crippen molar-refractivity contribution < 1.29 is 18.7 Å². The Morgan fingerprint density at radius 1 is 1.07 bits per heavy atom. The van der Waals surface area contributed by atoms with Crippen LogP contribution in [0.25, 0.3) is 16.6 Å².